The molecule has 2 atom stereocenters. The van der Waals surface area contributed by atoms with Gasteiger partial charge < -0.3 is 9.47 Å². The number of ether oxygens (including phenoxy) is 2. The van der Waals surface area contributed by atoms with Gasteiger partial charge in [0.2, 0.25) is 15.9 Å². The van der Waals surface area contributed by atoms with Crippen molar-refractivity contribution in [2.75, 3.05) is 13.1 Å². The molecule has 190 valence electrons. The molecular weight excluding hydrogens is 509 g/mol. The van der Waals surface area contributed by atoms with Crippen LogP contribution in [-0.4, -0.2) is 50.0 Å². The van der Waals surface area contributed by atoms with Crippen LogP contribution in [0.15, 0.2) is 40.6 Å². The minimum Gasteiger partial charge on any atom is -0.407 e. The van der Waals surface area contributed by atoms with Gasteiger partial charge in [-0.25, -0.2) is 8.42 Å². The van der Waals surface area contributed by atoms with Crippen molar-refractivity contribution < 1.29 is 35.9 Å². The highest BCUT2D eigenvalue weighted by atomic mass is 32.2. The molecule has 9 nitrogen and oxygen atoms in total. The molecule has 35 heavy (non-hydrogen) atoms. The quantitative estimate of drug-likeness (QED) is 0.395. The Morgan fingerprint density at radius 2 is 1.74 bits per heavy atom. The minimum absolute atomic E-state index is 0.0182. The van der Waals surface area contributed by atoms with E-state index >= 15 is 0 Å². The summed E-state index contributed by atoms with van der Waals surface area (Å²) in [5.41, 5.74) is 0.0352. The normalized spacial score (nSPS) is 19.1. The molecule has 0 aliphatic carbocycles. The molecule has 2 aromatic rings. The molecule has 1 saturated heterocycles. The molecule has 1 fully saturated rings. The van der Waals surface area contributed by atoms with Crippen LogP contribution in [0, 0.1) is 22.7 Å². The number of hydrogen-bond donors (Lipinski definition) is 3. The maximum atomic E-state index is 13.0. The summed E-state index contributed by atoms with van der Waals surface area (Å²) >= 11 is 0.884. The van der Waals surface area contributed by atoms with E-state index < -0.39 is 40.0 Å². The Balaban J connectivity index is 1.59. The highest BCUT2D eigenvalue weighted by Crippen LogP contribution is 2.29. The molecule has 0 unspecified atom stereocenters. The van der Waals surface area contributed by atoms with E-state index in [9.17, 15) is 26.4 Å². The molecule has 1 amide bonds. The largest absolute Gasteiger partial charge is 0.573 e. The maximum absolute atomic E-state index is 13.0. The number of amides is 1. The van der Waals surface area contributed by atoms with Crippen molar-refractivity contribution >= 4 is 39.2 Å². The van der Waals surface area contributed by atoms with Gasteiger partial charge in [0, 0.05) is 24.0 Å². The molecule has 14 heteroatoms. The van der Waals surface area contributed by atoms with Gasteiger partial charge in [0.1, 0.15) is 5.75 Å². The Hall–Kier alpha value is -2.97. The zero-order valence-electron chi connectivity index (χ0n) is 18.7. The van der Waals surface area contributed by atoms with Gasteiger partial charge >= 0.3 is 6.36 Å². The third kappa shape index (κ3) is 7.02. The second kappa shape index (κ2) is 10.3. The van der Waals surface area contributed by atoms with Crippen molar-refractivity contribution in [2.45, 2.75) is 31.5 Å². The number of nitrogens with zero attached hydrogens (tertiary/aromatic N) is 1. The highest BCUT2D eigenvalue weighted by Gasteiger charge is 2.33. The van der Waals surface area contributed by atoms with Gasteiger partial charge in [-0.15, -0.1) is 24.5 Å². The van der Waals surface area contributed by atoms with Crippen LogP contribution in [0.3, 0.4) is 0 Å². The van der Waals surface area contributed by atoms with Crippen molar-refractivity contribution in [1.82, 2.24) is 9.62 Å². The van der Waals surface area contributed by atoms with Gasteiger partial charge in [-0.2, -0.15) is 4.31 Å². The molecule has 1 aliphatic heterocycles. The van der Waals surface area contributed by atoms with Crippen LogP contribution in [0.5, 0.6) is 5.75 Å². The molecule has 0 bridgehead atoms. The topological polar surface area (TPSA) is 133 Å². The number of halogens is 3. The molecule has 1 aromatic heterocycles. The van der Waals surface area contributed by atoms with Gasteiger partial charge in [-0.05, 0) is 48.6 Å². The fourth-order valence-corrected chi connectivity index (χ4v) is 6.52. The number of amidine groups is 1. The molecule has 1 aromatic carbocycles. The Morgan fingerprint density at radius 3 is 2.31 bits per heavy atom. The predicted molar refractivity (Wildman–Crippen MR) is 122 cm³/mol. The first-order valence-corrected chi connectivity index (χ1v) is 12.7. The summed E-state index contributed by atoms with van der Waals surface area (Å²) in [6.07, 6.45) is -3.92. The number of benzene rings is 1. The zero-order chi connectivity index (χ0) is 26.0. The highest BCUT2D eigenvalue weighted by molar-refractivity contribution is 7.89. The van der Waals surface area contributed by atoms with Crippen molar-refractivity contribution in [3.05, 3.63) is 46.2 Å². The number of carbonyl (C=O) groups is 1. The van der Waals surface area contributed by atoms with Gasteiger partial charge in [-0.1, -0.05) is 13.8 Å². The van der Waals surface area contributed by atoms with Crippen LogP contribution < -0.4 is 10.1 Å². The summed E-state index contributed by atoms with van der Waals surface area (Å²) in [5, 5.41) is 19.0. The Bertz CT molecular complexity index is 1200. The number of sulfonamides is 1. The molecule has 2 heterocycles. The van der Waals surface area contributed by atoms with Crippen molar-refractivity contribution in [1.29, 1.82) is 10.8 Å². The van der Waals surface area contributed by atoms with E-state index in [4.69, 9.17) is 15.6 Å². The predicted octanol–water partition coefficient (Wildman–Crippen LogP) is 4.02. The zero-order valence-corrected chi connectivity index (χ0v) is 20.3. The monoisotopic (exact) mass is 532 g/mol. The van der Waals surface area contributed by atoms with E-state index in [1.165, 1.54) is 15.8 Å². The maximum Gasteiger partial charge on any atom is 0.573 e. The SMILES string of the molecule is C[C@@H]1C[C@H](C)CN(S(=O)(=O)c2csc(C(=O)NC(=N)OC(=N)c3ccc(OC(F)(F)F)cc3)c2)C1. The van der Waals surface area contributed by atoms with Crippen LogP contribution in [0.25, 0.3) is 0 Å². The third-order valence-electron chi connectivity index (χ3n) is 5.05. The fraction of sp³-hybridized carbons (Fsp3) is 0.381. The second-order valence-corrected chi connectivity index (χ2v) is 11.1. The molecule has 0 radical (unpaired) electrons. The summed E-state index contributed by atoms with van der Waals surface area (Å²) in [4.78, 5) is 12.5. The molecule has 0 saturated carbocycles. The van der Waals surface area contributed by atoms with E-state index in [1.807, 2.05) is 13.8 Å². The second-order valence-electron chi connectivity index (χ2n) is 8.20. The molecular formula is C21H23F3N4O5S2. The first kappa shape index (κ1) is 26.6. The minimum atomic E-state index is -4.86. The fourth-order valence-electron chi connectivity index (χ4n) is 3.68. The van der Waals surface area contributed by atoms with Crippen LogP contribution in [0.4, 0.5) is 13.2 Å². The number of thiophene rings is 1. The Kier molecular flexibility index (Phi) is 7.87. The van der Waals surface area contributed by atoms with Crippen LogP contribution in [-0.2, 0) is 14.8 Å². The lowest BCUT2D eigenvalue weighted by atomic mass is 9.94. The van der Waals surface area contributed by atoms with Crippen LogP contribution >= 0.6 is 11.3 Å². The number of rotatable bonds is 5. The van der Waals surface area contributed by atoms with Gasteiger partial charge in [0.15, 0.2) is 0 Å². The number of hydrogen-bond acceptors (Lipinski definition) is 8. The molecule has 1 aliphatic rings. The number of carbonyl (C=O) groups excluding carboxylic acids is 1. The van der Waals surface area contributed by atoms with Crippen LogP contribution in [0.1, 0.15) is 35.5 Å². The summed E-state index contributed by atoms with van der Waals surface area (Å²) in [6.45, 7) is 4.76. The van der Waals surface area contributed by atoms with Crippen molar-refractivity contribution in [2.24, 2.45) is 11.8 Å². The summed E-state index contributed by atoms with van der Waals surface area (Å²) in [7, 11) is -3.78. The lowest BCUT2D eigenvalue weighted by Gasteiger charge is -2.33. The molecule has 0 spiro atoms. The van der Waals surface area contributed by atoms with E-state index in [2.05, 4.69) is 10.1 Å². The average molecular weight is 533 g/mol. The van der Waals surface area contributed by atoms with E-state index in [1.54, 1.807) is 0 Å². The number of nitrogens with one attached hydrogen (secondary N) is 3. The lowest BCUT2D eigenvalue weighted by molar-refractivity contribution is -0.274. The first-order chi connectivity index (χ1) is 16.2. The third-order valence-corrected chi connectivity index (χ3v) is 7.94. The summed E-state index contributed by atoms with van der Waals surface area (Å²) in [6, 6.07) is 4.60. The van der Waals surface area contributed by atoms with Crippen molar-refractivity contribution in [3.8, 4) is 5.75 Å². The van der Waals surface area contributed by atoms with E-state index in [-0.39, 0.29) is 27.2 Å². The Morgan fingerprint density at radius 1 is 1.14 bits per heavy atom. The Labute approximate surface area is 203 Å². The first-order valence-electron chi connectivity index (χ1n) is 10.4. The lowest BCUT2D eigenvalue weighted by Crippen LogP contribution is -2.42. The van der Waals surface area contributed by atoms with E-state index in [0.29, 0.717) is 13.1 Å². The number of alkyl halides is 3. The average Bonchev–Trinajstić information content (AvgIpc) is 3.23. The molecule has 3 N–H and O–H groups in total. The van der Waals surface area contributed by atoms with E-state index in [0.717, 1.165) is 42.0 Å². The summed E-state index contributed by atoms with van der Waals surface area (Å²) in [5.74, 6) is -1.46. The smallest absolute Gasteiger partial charge is 0.407 e. The van der Waals surface area contributed by atoms with Crippen molar-refractivity contribution in [3.63, 3.8) is 0 Å². The van der Waals surface area contributed by atoms with Gasteiger partial charge in [0.25, 0.3) is 11.9 Å². The van der Waals surface area contributed by atoms with Gasteiger partial charge in [-0.3, -0.25) is 20.9 Å². The summed E-state index contributed by atoms with van der Waals surface area (Å²) < 4.78 is 72.7. The number of piperidine rings is 1. The molecule has 3 rings (SSSR count). The van der Waals surface area contributed by atoms with Gasteiger partial charge in [0.05, 0.1) is 9.77 Å². The standard InChI is InChI=1S/C21H23F3N4O5S2/c1-12-7-13(2)10-28(9-12)35(30,31)16-8-17(34-11-16)19(29)27-20(26)32-18(25)14-3-5-15(6-4-14)33-21(22,23)24/h3-6,8,11-13,25H,7,9-10H2,1-2H3,(H2,26,27,29)/t12-,13+. The van der Waals surface area contributed by atoms with Crippen LogP contribution in [0.2, 0.25) is 0 Å².